The van der Waals surface area contributed by atoms with Crippen molar-refractivity contribution < 1.29 is 4.74 Å². The van der Waals surface area contributed by atoms with Gasteiger partial charge in [0.25, 0.3) is 0 Å². The molecule has 0 heterocycles. The van der Waals surface area contributed by atoms with E-state index in [9.17, 15) is 0 Å². The molecule has 0 saturated heterocycles. The van der Waals surface area contributed by atoms with Crippen LogP contribution in [-0.4, -0.2) is 32.8 Å². The highest BCUT2D eigenvalue weighted by Crippen LogP contribution is 2.28. The molecule has 0 amide bonds. The highest BCUT2D eigenvalue weighted by atomic mass is 35.5. The smallest absolute Gasteiger partial charge is 0.0637 e. The van der Waals surface area contributed by atoms with Crippen LogP contribution < -0.4 is 10.2 Å². The molecular weight excluding hydrogens is 284 g/mol. The van der Waals surface area contributed by atoms with E-state index < -0.39 is 0 Å². The molecule has 0 aliphatic heterocycles. The van der Waals surface area contributed by atoms with Crippen molar-refractivity contribution in [3.8, 4) is 0 Å². The van der Waals surface area contributed by atoms with Crippen LogP contribution in [0.3, 0.4) is 0 Å². The van der Waals surface area contributed by atoms with Gasteiger partial charge in [0.2, 0.25) is 0 Å². The number of nitrogens with zero attached hydrogens (tertiary/aromatic N) is 1. The van der Waals surface area contributed by atoms with Gasteiger partial charge in [0.15, 0.2) is 0 Å². The molecule has 3 nitrogen and oxygen atoms in total. The predicted octanol–water partition coefficient (Wildman–Crippen LogP) is 3.95. The maximum atomic E-state index is 6.43. The summed E-state index contributed by atoms with van der Waals surface area (Å²) in [5.41, 5.74) is 2.37. The van der Waals surface area contributed by atoms with Crippen molar-refractivity contribution in [2.75, 3.05) is 31.7 Å². The van der Waals surface area contributed by atoms with Crippen LogP contribution in [0.5, 0.6) is 0 Å². The van der Waals surface area contributed by atoms with E-state index in [0.717, 1.165) is 24.7 Å². The van der Waals surface area contributed by atoms with Crippen LogP contribution >= 0.6 is 11.6 Å². The molecule has 1 rings (SSSR count). The largest absolute Gasteiger partial charge is 0.383 e. The maximum Gasteiger partial charge on any atom is 0.0637 e. The van der Waals surface area contributed by atoms with Crippen LogP contribution in [0, 0.1) is 5.92 Å². The van der Waals surface area contributed by atoms with E-state index in [-0.39, 0.29) is 0 Å². The zero-order valence-electron chi connectivity index (χ0n) is 13.9. The van der Waals surface area contributed by atoms with E-state index in [4.69, 9.17) is 16.3 Å². The summed E-state index contributed by atoms with van der Waals surface area (Å²) in [7, 11) is 1.74. The lowest BCUT2D eigenvalue weighted by Crippen LogP contribution is -2.35. The van der Waals surface area contributed by atoms with Crippen molar-refractivity contribution >= 4 is 17.3 Å². The predicted molar refractivity (Wildman–Crippen MR) is 92.4 cm³/mol. The van der Waals surface area contributed by atoms with Crippen molar-refractivity contribution in [3.63, 3.8) is 0 Å². The number of halogens is 1. The van der Waals surface area contributed by atoms with Crippen LogP contribution in [-0.2, 0) is 11.3 Å². The van der Waals surface area contributed by atoms with E-state index in [0.29, 0.717) is 18.6 Å². The normalized spacial score (nSPS) is 11.4. The van der Waals surface area contributed by atoms with Gasteiger partial charge in [-0.1, -0.05) is 31.5 Å². The molecule has 0 radical (unpaired) electrons. The molecule has 0 aliphatic rings. The Kier molecular flexibility index (Phi) is 8.09. The summed E-state index contributed by atoms with van der Waals surface area (Å²) in [6.07, 6.45) is 0. The van der Waals surface area contributed by atoms with Gasteiger partial charge in [-0.3, -0.25) is 0 Å². The average Bonchev–Trinajstić information content (AvgIpc) is 2.41. The Morgan fingerprint density at radius 2 is 1.95 bits per heavy atom. The number of hydrogen-bond donors (Lipinski definition) is 1. The molecule has 0 aromatic heterocycles. The third-order valence-electron chi connectivity index (χ3n) is 3.42. The first-order chi connectivity index (χ1) is 9.97. The minimum absolute atomic E-state index is 0.405. The Morgan fingerprint density at radius 1 is 1.24 bits per heavy atom. The fourth-order valence-electron chi connectivity index (χ4n) is 2.32. The standard InChI is InChI=1S/C17H29ClN2O/c1-13(2)11-19-12-15-16(18)7-6-8-17(15)20(14(3)4)9-10-21-5/h6-8,13-14,19H,9-12H2,1-5H3. The second kappa shape index (κ2) is 9.29. The van der Waals surface area contributed by atoms with Gasteiger partial charge in [-0.05, 0) is 38.4 Å². The van der Waals surface area contributed by atoms with Crippen molar-refractivity contribution in [3.05, 3.63) is 28.8 Å². The minimum Gasteiger partial charge on any atom is -0.383 e. The second-order valence-corrected chi connectivity index (χ2v) is 6.45. The number of benzene rings is 1. The Bertz CT molecular complexity index is 421. The fourth-order valence-corrected chi connectivity index (χ4v) is 2.56. The number of rotatable bonds is 9. The highest BCUT2D eigenvalue weighted by molar-refractivity contribution is 6.31. The van der Waals surface area contributed by atoms with Crippen LogP contribution in [0.1, 0.15) is 33.3 Å². The van der Waals surface area contributed by atoms with E-state index in [1.54, 1.807) is 7.11 Å². The summed E-state index contributed by atoms with van der Waals surface area (Å²) in [6, 6.07) is 6.54. The van der Waals surface area contributed by atoms with E-state index >= 15 is 0 Å². The maximum absolute atomic E-state index is 6.43. The van der Waals surface area contributed by atoms with Crippen molar-refractivity contribution in [1.82, 2.24) is 5.32 Å². The quantitative estimate of drug-likeness (QED) is 0.747. The summed E-state index contributed by atoms with van der Waals surface area (Å²) in [5.74, 6) is 0.630. The van der Waals surface area contributed by atoms with Gasteiger partial charge >= 0.3 is 0 Å². The SMILES string of the molecule is COCCN(c1cccc(Cl)c1CNCC(C)C)C(C)C. The topological polar surface area (TPSA) is 24.5 Å². The monoisotopic (exact) mass is 312 g/mol. The van der Waals surface area contributed by atoms with Crippen LogP contribution in [0.4, 0.5) is 5.69 Å². The molecule has 4 heteroatoms. The van der Waals surface area contributed by atoms with Crippen molar-refractivity contribution in [1.29, 1.82) is 0 Å². The zero-order chi connectivity index (χ0) is 15.8. The van der Waals surface area contributed by atoms with Gasteiger partial charge < -0.3 is 15.0 Å². The van der Waals surface area contributed by atoms with Gasteiger partial charge in [-0.2, -0.15) is 0 Å². The Balaban J connectivity index is 2.95. The number of hydrogen-bond acceptors (Lipinski definition) is 3. The first-order valence-electron chi connectivity index (χ1n) is 7.71. The molecule has 0 unspecified atom stereocenters. The summed E-state index contributed by atoms with van der Waals surface area (Å²) in [4.78, 5) is 2.35. The Labute approximate surface area is 134 Å². The molecule has 21 heavy (non-hydrogen) atoms. The lowest BCUT2D eigenvalue weighted by molar-refractivity contribution is 0.204. The average molecular weight is 313 g/mol. The number of ether oxygens (including phenoxy) is 1. The van der Waals surface area contributed by atoms with Crippen molar-refractivity contribution in [2.24, 2.45) is 5.92 Å². The number of methoxy groups -OCH3 is 1. The molecular formula is C17H29ClN2O. The van der Waals surface area contributed by atoms with Crippen molar-refractivity contribution in [2.45, 2.75) is 40.3 Å². The Morgan fingerprint density at radius 3 is 2.52 bits per heavy atom. The number of nitrogens with one attached hydrogen (secondary N) is 1. The van der Waals surface area contributed by atoms with Crippen LogP contribution in [0.2, 0.25) is 5.02 Å². The second-order valence-electron chi connectivity index (χ2n) is 6.04. The third-order valence-corrected chi connectivity index (χ3v) is 3.77. The van der Waals surface area contributed by atoms with Gasteiger partial charge in [0.1, 0.15) is 0 Å². The van der Waals surface area contributed by atoms with E-state index in [1.807, 2.05) is 12.1 Å². The molecule has 0 spiro atoms. The summed E-state index contributed by atoms with van der Waals surface area (Å²) in [5, 5.41) is 4.32. The summed E-state index contributed by atoms with van der Waals surface area (Å²) >= 11 is 6.43. The molecule has 1 aromatic carbocycles. The summed E-state index contributed by atoms with van der Waals surface area (Å²) < 4.78 is 5.24. The molecule has 0 fully saturated rings. The molecule has 0 atom stereocenters. The highest BCUT2D eigenvalue weighted by Gasteiger charge is 2.16. The third kappa shape index (κ3) is 5.85. The fraction of sp³-hybridized carbons (Fsp3) is 0.647. The zero-order valence-corrected chi connectivity index (χ0v) is 14.7. The Hall–Kier alpha value is -0.770. The summed E-state index contributed by atoms with van der Waals surface area (Å²) in [6.45, 7) is 12.2. The molecule has 0 aliphatic carbocycles. The van der Waals surface area contributed by atoms with Gasteiger partial charge in [0, 0.05) is 42.5 Å². The minimum atomic E-state index is 0.405. The first kappa shape index (κ1) is 18.3. The van der Waals surface area contributed by atoms with Crippen LogP contribution in [0.15, 0.2) is 18.2 Å². The van der Waals surface area contributed by atoms with Crippen LogP contribution in [0.25, 0.3) is 0 Å². The first-order valence-corrected chi connectivity index (χ1v) is 8.08. The number of anilines is 1. The molecule has 0 saturated carbocycles. The lowest BCUT2D eigenvalue weighted by atomic mass is 10.1. The molecule has 1 aromatic rings. The van der Waals surface area contributed by atoms with Gasteiger partial charge in [0.05, 0.1) is 6.61 Å². The molecule has 1 N–H and O–H groups in total. The van der Waals surface area contributed by atoms with E-state index in [1.165, 1.54) is 11.3 Å². The molecule has 120 valence electrons. The van der Waals surface area contributed by atoms with Gasteiger partial charge in [-0.15, -0.1) is 0 Å². The molecule has 0 bridgehead atoms. The van der Waals surface area contributed by atoms with E-state index in [2.05, 4.69) is 44.0 Å². The lowest BCUT2D eigenvalue weighted by Gasteiger charge is -2.31. The van der Waals surface area contributed by atoms with Gasteiger partial charge in [-0.25, -0.2) is 0 Å².